The number of carbonyl (C=O) groups is 1. The van der Waals surface area contributed by atoms with Crippen molar-refractivity contribution in [3.63, 3.8) is 0 Å². The second kappa shape index (κ2) is 5.54. The molecule has 1 aliphatic carbocycles. The Labute approximate surface area is 136 Å². The lowest BCUT2D eigenvalue weighted by atomic mass is 9.92. The van der Waals surface area contributed by atoms with E-state index in [0.29, 0.717) is 18.1 Å². The number of benzene rings is 1. The third kappa shape index (κ3) is 2.55. The molecule has 1 aromatic rings. The van der Waals surface area contributed by atoms with E-state index >= 15 is 0 Å². The monoisotopic (exact) mass is 318 g/mol. The molecular formula is C18H23ClN2O. The molecule has 2 N–H and O–H groups in total. The van der Waals surface area contributed by atoms with Crippen LogP contribution < -0.4 is 10.6 Å². The van der Waals surface area contributed by atoms with Crippen LogP contribution >= 0.6 is 11.6 Å². The third-order valence-electron chi connectivity index (χ3n) is 5.73. The lowest BCUT2D eigenvalue weighted by Gasteiger charge is -2.26. The summed E-state index contributed by atoms with van der Waals surface area (Å²) in [7, 11) is 0. The first-order chi connectivity index (χ1) is 10.7. The summed E-state index contributed by atoms with van der Waals surface area (Å²) in [5.74, 6) is 0.215. The topological polar surface area (TPSA) is 41.1 Å². The van der Waals surface area contributed by atoms with E-state index in [1.54, 1.807) is 0 Å². The highest BCUT2D eigenvalue weighted by atomic mass is 35.5. The van der Waals surface area contributed by atoms with Crippen LogP contribution in [0, 0.1) is 0 Å². The zero-order valence-electron chi connectivity index (χ0n) is 12.8. The largest absolute Gasteiger partial charge is 0.351 e. The van der Waals surface area contributed by atoms with Crippen LogP contribution in [0.15, 0.2) is 24.3 Å². The highest BCUT2D eigenvalue weighted by molar-refractivity contribution is 6.30. The van der Waals surface area contributed by atoms with E-state index in [2.05, 4.69) is 10.6 Å². The normalized spacial score (nSPS) is 32.3. The van der Waals surface area contributed by atoms with Crippen molar-refractivity contribution in [2.24, 2.45) is 0 Å². The average molecular weight is 319 g/mol. The minimum atomic E-state index is -0.297. The van der Waals surface area contributed by atoms with Crippen molar-refractivity contribution in [3.8, 4) is 0 Å². The van der Waals surface area contributed by atoms with E-state index in [0.717, 1.165) is 29.8 Å². The molecule has 3 fully saturated rings. The molecule has 1 amide bonds. The van der Waals surface area contributed by atoms with Crippen LogP contribution in [0.3, 0.4) is 0 Å². The van der Waals surface area contributed by atoms with Crippen molar-refractivity contribution < 1.29 is 4.79 Å². The van der Waals surface area contributed by atoms with E-state index in [-0.39, 0.29) is 11.3 Å². The second-order valence-corrected chi connectivity index (χ2v) is 7.58. The Balaban J connectivity index is 1.48. The minimum absolute atomic E-state index is 0.215. The highest BCUT2D eigenvalue weighted by Gasteiger charge is 2.52. The molecule has 3 aliphatic rings. The summed E-state index contributed by atoms with van der Waals surface area (Å²) in [5.41, 5.74) is 0.815. The molecule has 3 nitrogen and oxygen atoms in total. The number of halogens is 1. The Morgan fingerprint density at radius 2 is 1.91 bits per heavy atom. The van der Waals surface area contributed by atoms with Crippen LogP contribution in [0.5, 0.6) is 0 Å². The van der Waals surface area contributed by atoms with Gasteiger partial charge >= 0.3 is 0 Å². The average Bonchev–Trinajstić information content (AvgIpc) is 3.22. The molecule has 3 unspecified atom stereocenters. The minimum Gasteiger partial charge on any atom is -0.351 e. The van der Waals surface area contributed by atoms with E-state index in [4.69, 9.17) is 11.6 Å². The smallest absolute Gasteiger partial charge is 0.230 e. The Kier molecular flexibility index (Phi) is 3.66. The molecule has 1 saturated carbocycles. The summed E-state index contributed by atoms with van der Waals surface area (Å²) < 4.78 is 0. The molecule has 2 bridgehead atoms. The summed E-state index contributed by atoms with van der Waals surface area (Å²) in [6.45, 7) is 0. The zero-order chi connectivity index (χ0) is 15.2. The van der Waals surface area contributed by atoms with Gasteiger partial charge in [-0.15, -0.1) is 0 Å². The van der Waals surface area contributed by atoms with Crippen molar-refractivity contribution in [3.05, 3.63) is 34.9 Å². The number of rotatable bonds is 3. The molecule has 3 atom stereocenters. The van der Waals surface area contributed by atoms with Gasteiger partial charge in [-0.2, -0.15) is 0 Å². The first-order valence-electron chi connectivity index (χ1n) is 8.50. The van der Waals surface area contributed by atoms with Crippen molar-refractivity contribution in [2.45, 2.75) is 68.5 Å². The Morgan fingerprint density at radius 3 is 2.64 bits per heavy atom. The fourth-order valence-corrected chi connectivity index (χ4v) is 4.33. The molecular weight excluding hydrogens is 296 g/mol. The summed E-state index contributed by atoms with van der Waals surface area (Å²) in [5, 5.41) is 7.79. The van der Waals surface area contributed by atoms with Gasteiger partial charge < -0.3 is 10.6 Å². The van der Waals surface area contributed by atoms with Crippen molar-refractivity contribution >= 4 is 17.5 Å². The molecule has 0 aromatic heterocycles. The van der Waals surface area contributed by atoms with E-state index in [1.807, 2.05) is 24.3 Å². The number of nitrogens with one attached hydrogen (secondary N) is 2. The maximum absolute atomic E-state index is 12.9. The molecule has 22 heavy (non-hydrogen) atoms. The van der Waals surface area contributed by atoms with Gasteiger partial charge in [-0.1, -0.05) is 23.7 Å². The lowest BCUT2D eigenvalue weighted by molar-refractivity contribution is -0.124. The van der Waals surface area contributed by atoms with Gasteiger partial charge in [-0.25, -0.2) is 0 Å². The van der Waals surface area contributed by atoms with Gasteiger partial charge in [0.2, 0.25) is 5.91 Å². The molecule has 0 spiro atoms. The Morgan fingerprint density at radius 1 is 1.14 bits per heavy atom. The van der Waals surface area contributed by atoms with Gasteiger partial charge in [0, 0.05) is 23.1 Å². The van der Waals surface area contributed by atoms with Crippen LogP contribution in [0.2, 0.25) is 5.02 Å². The van der Waals surface area contributed by atoms with Gasteiger partial charge in [-0.3, -0.25) is 4.79 Å². The van der Waals surface area contributed by atoms with Crippen molar-refractivity contribution in [2.75, 3.05) is 0 Å². The standard InChI is InChI=1S/C18H23ClN2O/c19-13-6-4-12(5-7-13)18(10-11-18)17(22)21-15-3-1-2-14-8-9-16(15)20-14/h4-7,14-16,20H,1-3,8-11H2,(H,21,22). The maximum atomic E-state index is 12.9. The maximum Gasteiger partial charge on any atom is 0.230 e. The summed E-state index contributed by atoms with van der Waals surface area (Å²) in [6, 6.07) is 9.23. The van der Waals surface area contributed by atoms with Gasteiger partial charge in [0.15, 0.2) is 0 Å². The van der Waals surface area contributed by atoms with E-state index in [1.165, 1.54) is 25.7 Å². The predicted octanol–water partition coefficient (Wildman–Crippen LogP) is 3.16. The van der Waals surface area contributed by atoms with Crippen molar-refractivity contribution in [1.29, 1.82) is 0 Å². The molecule has 4 rings (SSSR count). The van der Waals surface area contributed by atoms with E-state index in [9.17, 15) is 4.79 Å². The quantitative estimate of drug-likeness (QED) is 0.899. The van der Waals surface area contributed by atoms with E-state index < -0.39 is 0 Å². The molecule has 1 aromatic carbocycles. The fourth-order valence-electron chi connectivity index (χ4n) is 4.20. The zero-order valence-corrected chi connectivity index (χ0v) is 13.5. The molecule has 2 heterocycles. The van der Waals surface area contributed by atoms with Crippen LogP contribution in [-0.4, -0.2) is 24.0 Å². The van der Waals surface area contributed by atoms with Crippen LogP contribution in [0.25, 0.3) is 0 Å². The molecule has 2 aliphatic heterocycles. The number of amides is 1. The Hall–Kier alpha value is -1.06. The predicted molar refractivity (Wildman–Crippen MR) is 88.1 cm³/mol. The highest BCUT2D eigenvalue weighted by Crippen LogP contribution is 2.48. The summed E-state index contributed by atoms with van der Waals surface area (Å²) in [4.78, 5) is 12.9. The number of carbonyl (C=O) groups excluding carboxylic acids is 1. The molecule has 0 radical (unpaired) electrons. The Bertz CT molecular complexity index is 567. The first-order valence-corrected chi connectivity index (χ1v) is 8.88. The second-order valence-electron chi connectivity index (χ2n) is 7.15. The summed E-state index contributed by atoms with van der Waals surface area (Å²) in [6.07, 6.45) is 7.94. The van der Waals surface area contributed by atoms with Crippen LogP contribution in [0.4, 0.5) is 0 Å². The fraction of sp³-hybridized carbons (Fsp3) is 0.611. The van der Waals surface area contributed by atoms with Gasteiger partial charge in [0.05, 0.1) is 5.41 Å². The van der Waals surface area contributed by atoms with Crippen LogP contribution in [-0.2, 0) is 10.2 Å². The number of hydrogen-bond donors (Lipinski definition) is 2. The van der Waals surface area contributed by atoms with Gasteiger partial charge in [-0.05, 0) is 62.6 Å². The van der Waals surface area contributed by atoms with Crippen LogP contribution in [0.1, 0.15) is 50.5 Å². The number of fused-ring (bicyclic) bond motifs is 2. The third-order valence-corrected chi connectivity index (χ3v) is 5.98. The van der Waals surface area contributed by atoms with Crippen molar-refractivity contribution in [1.82, 2.24) is 10.6 Å². The lowest BCUT2D eigenvalue weighted by Crippen LogP contribution is -2.50. The number of hydrogen-bond acceptors (Lipinski definition) is 2. The SMILES string of the molecule is O=C(NC1CCCC2CCC1N2)C1(c2ccc(Cl)cc2)CC1. The van der Waals surface area contributed by atoms with Gasteiger partial charge in [0.1, 0.15) is 0 Å². The summed E-state index contributed by atoms with van der Waals surface area (Å²) >= 11 is 5.97. The molecule has 118 valence electrons. The molecule has 2 saturated heterocycles. The van der Waals surface area contributed by atoms with Gasteiger partial charge in [0.25, 0.3) is 0 Å². The molecule has 4 heteroatoms. The first kappa shape index (κ1) is 14.5.